The van der Waals surface area contributed by atoms with Crippen LogP contribution in [0.3, 0.4) is 0 Å². The number of carbonyl (C=O) groups is 4. The van der Waals surface area contributed by atoms with Gasteiger partial charge in [0.25, 0.3) is 0 Å². The van der Waals surface area contributed by atoms with Crippen molar-refractivity contribution in [1.29, 1.82) is 0 Å². The van der Waals surface area contributed by atoms with Crippen LogP contribution < -0.4 is 0 Å². The molecule has 0 aliphatic heterocycles. The van der Waals surface area contributed by atoms with Crippen molar-refractivity contribution >= 4 is 23.7 Å². The molecule has 0 amide bonds. The maximum absolute atomic E-state index is 11.3. The summed E-state index contributed by atoms with van der Waals surface area (Å²) in [6.45, 7) is 0.126. The van der Waals surface area contributed by atoms with Gasteiger partial charge in [-0.2, -0.15) is 0 Å². The highest BCUT2D eigenvalue weighted by Crippen LogP contribution is 1.99. The number of rotatable bonds is 11. The van der Waals surface area contributed by atoms with Crippen LogP contribution in [0.1, 0.15) is 32.1 Å². The van der Waals surface area contributed by atoms with Gasteiger partial charge in [0.1, 0.15) is 6.42 Å². The number of hydrogen-bond acceptors (Lipinski definition) is 7. The van der Waals surface area contributed by atoms with Crippen molar-refractivity contribution in [2.75, 3.05) is 19.8 Å². The average molecular weight is 322 g/mol. The zero-order valence-corrected chi connectivity index (χ0v) is 12.7. The normalized spacial score (nSPS) is 9.13. The van der Waals surface area contributed by atoms with E-state index in [2.05, 4.69) is 4.74 Å². The molecule has 0 N–H and O–H groups in total. The molecule has 124 valence electrons. The highest BCUT2D eigenvalue weighted by Gasteiger charge is 2.12. The number of Topliss-reactive ketones (excluding diaryl/α,β-unsaturated/α-hetero) is 1. The molecule has 0 aromatic carbocycles. The Hall–Kier alpha value is -2.80. The Labute approximate surface area is 134 Å². The third kappa shape index (κ3) is 12.6. The number of ether oxygens (including phenoxy) is 3. The summed E-state index contributed by atoms with van der Waals surface area (Å²) in [6, 6.07) is 0. The van der Waals surface area contributed by atoms with Crippen LogP contribution in [-0.2, 0) is 33.4 Å². The average Bonchev–Trinajstić information content (AvgIpc) is 2.53. The third-order valence-corrected chi connectivity index (χ3v) is 2.41. The minimum Gasteiger partial charge on any atom is -0.465 e. The molecule has 0 radical (unpaired) electrons. The number of ketones is 1. The van der Waals surface area contributed by atoms with Crippen LogP contribution >= 0.6 is 0 Å². The van der Waals surface area contributed by atoms with Crippen molar-refractivity contribution in [3.63, 3.8) is 0 Å². The molecule has 7 nitrogen and oxygen atoms in total. The molecule has 0 saturated heterocycles. The van der Waals surface area contributed by atoms with Gasteiger partial charge in [-0.1, -0.05) is 0 Å². The first-order chi connectivity index (χ1) is 11.0. The number of terminal acetylenes is 2. The van der Waals surface area contributed by atoms with E-state index in [0.29, 0.717) is 12.8 Å². The molecule has 0 aliphatic carbocycles. The van der Waals surface area contributed by atoms with E-state index in [9.17, 15) is 19.2 Å². The Bertz CT molecular complexity index is 462. The van der Waals surface area contributed by atoms with E-state index in [0.717, 1.165) is 0 Å². The van der Waals surface area contributed by atoms with E-state index in [-0.39, 0.29) is 38.4 Å². The van der Waals surface area contributed by atoms with E-state index in [1.807, 2.05) is 5.92 Å². The van der Waals surface area contributed by atoms with Gasteiger partial charge in [-0.15, -0.1) is 12.8 Å². The van der Waals surface area contributed by atoms with Gasteiger partial charge in [-0.05, 0) is 18.8 Å². The molecule has 0 aromatic heterocycles. The van der Waals surface area contributed by atoms with E-state index in [1.165, 1.54) is 0 Å². The largest absolute Gasteiger partial charge is 0.465 e. The smallest absolute Gasteiger partial charge is 0.384 e. The number of hydrogen-bond donors (Lipinski definition) is 0. The zero-order valence-electron chi connectivity index (χ0n) is 12.7. The first kappa shape index (κ1) is 20.2. The Morgan fingerprint density at radius 2 is 1.30 bits per heavy atom. The summed E-state index contributed by atoms with van der Waals surface area (Å²) in [5.41, 5.74) is 0. The van der Waals surface area contributed by atoms with E-state index in [1.54, 1.807) is 5.92 Å². The topological polar surface area (TPSA) is 96.0 Å². The maximum Gasteiger partial charge on any atom is 0.384 e. The van der Waals surface area contributed by atoms with Gasteiger partial charge in [-0.3, -0.25) is 14.4 Å². The van der Waals surface area contributed by atoms with Crippen LogP contribution in [-0.4, -0.2) is 43.5 Å². The van der Waals surface area contributed by atoms with E-state index < -0.39 is 24.3 Å². The van der Waals surface area contributed by atoms with E-state index >= 15 is 0 Å². The molecule has 0 unspecified atom stereocenters. The highest BCUT2D eigenvalue weighted by molar-refractivity contribution is 5.94. The Balaban J connectivity index is 3.57. The van der Waals surface area contributed by atoms with Crippen molar-refractivity contribution in [3.05, 3.63) is 0 Å². The molecule has 0 spiro atoms. The third-order valence-electron chi connectivity index (χ3n) is 2.41. The Morgan fingerprint density at radius 1 is 0.739 bits per heavy atom. The summed E-state index contributed by atoms with van der Waals surface area (Å²) in [7, 11) is 0. The van der Waals surface area contributed by atoms with Crippen LogP contribution in [0.4, 0.5) is 0 Å². The standard InChI is InChI=1S/C16H18O7/c1-3-13(17)8-5-6-9-22-15(19)12-16(20)23-11-7-10-21-14(18)4-2/h1-2H,5-12H2. The van der Waals surface area contributed by atoms with Gasteiger partial charge >= 0.3 is 17.9 Å². The molecular formula is C16H18O7. The van der Waals surface area contributed by atoms with Crippen LogP contribution in [0.25, 0.3) is 0 Å². The van der Waals surface area contributed by atoms with Crippen molar-refractivity contribution < 1.29 is 33.4 Å². The fourth-order valence-corrected chi connectivity index (χ4v) is 1.32. The fourth-order valence-electron chi connectivity index (χ4n) is 1.32. The second-order valence-corrected chi connectivity index (χ2v) is 4.28. The molecular weight excluding hydrogens is 304 g/mol. The molecule has 0 aliphatic rings. The SMILES string of the molecule is C#CC(=O)CCCCOC(=O)CC(=O)OCCCOC(=O)C#C. The number of unbranched alkanes of at least 4 members (excludes halogenated alkanes) is 1. The Kier molecular flexibility index (Phi) is 11.3. The van der Waals surface area contributed by atoms with Crippen molar-refractivity contribution in [3.8, 4) is 24.7 Å². The number of carbonyl (C=O) groups excluding carboxylic acids is 4. The van der Waals surface area contributed by atoms with Crippen molar-refractivity contribution in [2.24, 2.45) is 0 Å². The fraction of sp³-hybridized carbons (Fsp3) is 0.500. The quantitative estimate of drug-likeness (QED) is 0.103. The lowest BCUT2D eigenvalue weighted by molar-refractivity contribution is -0.154. The van der Waals surface area contributed by atoms with Gasteiger partial charge in [0.05, 0.1) is 19.8 Å². The van der Waals surface area contributed by atoms with Crippen molar-refractivity contribution in [2.45, 2.75) is 32.1 Å². The summed E-state index contributed by atoms with van der Waals surface area (Å²) in [5.74, 6) is 1.22. The van der Waals surface area contributed by atoms with Crippen LogP contribution in [0.5, 0.6) is 0 Å². The number of esters is 3. The summed E-state index contributed by atoms with van der Waals surface area (Å²) in [6.07, 6.45) is 10.7. The van der Waals surface area contributed by atoms with Gasteiger partial charge in [0.2, 0.25) is 5.78 Å². The molecule has 0 saturated carbocycles. The predicted molar refractivity (Wildman–Crippen MR) is 78.6 cm³/mol. The minimum absolute atomic E-state index is 0.00182. The maximum atomic E-state index is 11.3. The molecule has 0 atom stereocenters. The first-order valence-corrected chi connectivity index (χ1v) is 6.93. The van der Waals surface area contributed by atoms with Gasteiger partial charge in [-0.25, -0.2) is 4.79 Å². The molecule has 23 heavy (non-hydrogen) atoms. The highest BCUT2D eigenvalue weighted by atomic mass is 16.6. The van der Waals surface area contributed by atoms with E-state index in [4.69, 9.17) is 22.3 Å². The molecule has 0 aromatic rings. The van der Waals surface area contributed by atoms with Gasteiger partial charge in [0.15, 0.2) is 0 Å². The Morgan fingerprint density at radius 3 is 1.87 bits per heavy atom. The van der Waals surface area contributed by atoms with Crippen LogP contribution in [0, 0.1) is 24.7 Å². The summed E-state index contributed by atoms with van der Waals surface area (Å²) in [4.78, 5) is 44.0. The lowest BCUT2D eigenvalue weighted by Crippen LogP contribution is -2.16. The molecule has 7 heteroatoms. The summed E-state index contributed by atoms with van der Waals surface area (Å²) in [5, 5.41) is 0. The summed E-state index contributed by atoms with van der Waals surface area (Å²) < 4.78 is 14.1. The van der Waals surface area contributed by atoms with Crippen molar-refractivity contribution in [1.82, 2.24) is 0 Å². The van der Waals surface area contributed by atoms with Crippen LogP contribution in [0.2, 0.25) is 0 Å². The zero-order chi connectivity index (χ0) is 17.5. The molecule has 0 bridgehead atoms. The minimum atomic E-state index is -0.788. The predicted octanol–water partition coefficient (Wildman–Crippen LogP) is 0.402. The first-order valence-electron chi connectivity index (χ1n) is 6.93. The molecule has 0 rings (SSSR count). The van der Waals surface area contributed by atoms with Gasteiger partial charge < -0.3 is 14.2 Å². The second kappa shape index (κ2) is 12.9. The monoisotopic (exact) mass is 322 g/mol. The lowest BCUT2D eigenvalue weighted by atomic mass is 10.2. The van der Waals surface area contributed by atoms with Crippen LogP contribution in [0.15, 0.2) is 0 Å². The second-order valence-electron chi connectivity index (χ2n) is 4.28. The summed E-state index contributed by atoms with van der Waals surface area (Å²) >= 11 is 0. The lowest BCUT2D eigenvalue weighted by Gasteiger charge is -2.06. The van der Waals surface area contributed by atoms with Gasteiger partial charge in [0, 0.05) is 18.8 Å². The molecule has 0 heterocycles. The molecule has 0 fully saturated rings.